The maximum Gasteiger partial charge on any atom is 0.273 e. The number of rotatable bonds is 5. The van der Waals surface area contributed by atoms with Gasteiger partial charge in [-0.1, -0.05) is 30.3 Å². The normalized spacial score (nSPS) is 15.2. The predicted octanol–water partition coefficient (Wildman–Crippen LogP) is 1.66. The van der Waals surface area contributed by atoms with Crippen molar-refractivity contribution < 1.29 is 14.3 Å². The fraction of sp³-hybridized carbons (Fsp3) is 0.240. The maximum absolute atomic E-state index is 13.4. The van der Waals surface area contributed by atoms with Crippen LogP contribution in [0.5, 0.6) is 5.75 Å². The van der Waals surface area contributed by atoms with Crippen LogP contribution in [0.1, 0.15) is 12.5 Å². The average molecular weight is 462 g/mol. The van der Waals surface area contributed by atoms with Crippen LogP contribution in [0.3, 0.4) is 0 Å². The van der Waals surface area contributed by atoms with Crippen LogP contribution in [0.25, 0.3) is 17.3 Å². The number of carbonyl (C=O) groups excluding carboxylic acids is 1. The highest BCUT2D eigenvalue weighted by atomic mass is 32.1. The van der Waals surface area contributed by atoms with Crippen LogP contribution < -0.4 is 19.5 Å². The lowest BCUT2D eigenvalue weighted by molar-refractivity contribution is -0.128. The summed E-state index contributed by atoms with van der Waals surface area (Å²) in [6.45, 7) is 4.17. The van der Waals surface area contributed by atoms with Crippen LogP contribution in [0, 0.1) is 11.3 Å². The van der Waals surface area contributed by atoms with E-state index in [0.717, 1.165) is 22.6 Å². The first-order chi connectivity index (χ1) is 16.1. The van der Waals surface area contributed by atoms with Crippen LogP contribution in [0.2, 0.25) is 0 Å². The number of ether oxygens (including phenoxy) is 2. The standard InChI is InChI=1S/C25H23N3O4S/c1-2-32-20-10-8-18(9-11-20)16-22-24(30)28(19-6-4-3-5-7-19)25(33-22)21(17-26)23(29)27-12-14-31-15-13-27/h3-11,16H,2,12-15H2,1H3. The molecular formula is C25H23N3O4S. The first-order valence-electron chi connectivity index (χ1n) is 10.7. The molecule has 8 heteroatoms. The van der Waals surface area contributed by atoms with E-state index in [9.17, 15) is 14.9 Å². The summed E-state index contributed by atoms with van der Waals surface area (Å²) >= 11 is 1.14. The number of amides is 1. The van der Waals surface area contributed by atoms with Crippen LogP contribution in [0.15, 0.2) is 59.4 Å². The van der Waals surface area contributed by atoms with E-state index in [-0.39, 0.29) is 17.0 Å². The smallest absolute Gasteiger partial charge is 0.273 e. The Kier molecular flexibility index (Phi) is 7.03. The lowest BCUT2D eigenvalue weighted by Gasteiger charge is -2.26. The fourth-order valence-electron chi connectivity index (χ4n) is 3.55. The molecule has 1 aromatic heterocycles. The molecule has 1 amide bonds. The Morgan fingerprint density at radius 1 is 1.15 bits per heavy atom. The van der Waals surface area contributed by atoms with E-state index in [2.05, 4.69) is 6.07 Å². The highest BCUT2D eigenvalue weighted by Crippen LogP contribution is 2.13. The third kappa shape index (κ3) is 4.90. The molecule has 0 spiro atoms. The van der Waals surface area contributed by atoms with Crippen LogP contribution in [0.4, 0.5) is 0 Å². The summed E-state index contributed by atoms with van der Waals surface area (Å²) in [4.78, 5) is 28.2. The van der Waals surface area contributed by atoms with Crippen molar-refractivity contribution in [2.24, 2.45) is 0 Å². The number of thiazole rings is 1. The van der Waals surface area contributed by atoms with Gasteiger partial charge in [0.2, 0.25) is 0 Å². The van der Waals surface area contributed by atoms with Crippen LogP contribution in [-0.4, -0.2) is 48.3 Å². The number of hydrogen-bond donors (Lipinski definition) is 0. The summed E-state index contributed by atoms with van der Waals surface area (Å²) in [5.41, 5.74) is 1.09. The van der Waals surface area contributed by atoms with Crippen molar-refractivity contribution in [1.82, 2.24) is 9.47 Å². The molecule has 0 bridgehead atoms. The molecule has 2 heterocycles. The largest absolute Gasteiger partial charge is 0.494 e. The van der Waals surface area contributed by atoms with E-state index in [1.165, 1.54) is 4.57 Å². The van der Waals surface area contributed by atoms with Gasteiger partial charge >= 0.3 is 0 Å². The summed E-state index contributed by atoms with van der Waals surface area (Å²) < 4.78 is 13.0. The molecule has 3 aromatic rings. The first kappa shape index (κ1) is 22.5. The quantitative estimate of drug-likeness (QED) is 0.577. The van der Waals surface area contributed by atoms with E-state index in [0.29, 0.717) is 47.8 Å². The Morgan fingerprint density at radius 2 is 1.85 bits per heavy atom. The zero-order valence-electron chi connectivity index (χ0n) is 18.2. The molecule has 1 aliphatic rings. The number of nitriles is 1. The van der Waals surface area contributed by atoms with Gasteiger partial charge in [-0.15, -0.1) is 11.3 Å². The van der Waals surface area contributed by atoms with Gasteiger partial charge in [0.25, 0.3) is 11.5 Å². The number of para-hydroxylation sites is 1. The molecule has 1 aliphatic heterocycles. The zero-order valence-corrected chi connectivity index (χ0v) is 19.0. The first-order valence-corrected chi connectivity index (χ1v) is 11.5. The average Bonchev–Trinajstić information content (AvgIpc) is 3.17. The highest BCUT2D eigenvalue weighted by Gasteiger charge is 2.23. The van der Waals surface area contributed by atoms with E-state index in [1.54, 1.807) is 23.1 Å². The maximum atomic E-state index is 13.4. The summed E-state index contributed by atoms with van der Waals surface area (Å²) in [5, 5.41) is 9.92. The van der Waals surface area contributed by atoms with E-state index in [1.807, 2.05) is 49.4 Å². The lowest BCUT2D eigenvalue weighted by Crippen LogP contribution is -2.42. The van der Waals surface area contributed by atoms with Crippen LogP contribution in [-0.2, 0) is 9.53 Å². The summed E-state index contributed by atoms with van der Waals surface area (Å²) in [7, 11) is 0. The Hall–Kier alpha value is -3.67. The predicted molar refractivity (Wildman–Crippen MR) is 127 cm³/mol. The van der Waals surface area contributed by atoms with E-state index in [4.69, 9.17) is 9.47 Å². The third-order valence-corrected chi connectivity index (χ3v) is 6.26. The van der Waals surface area contributed by atoms with Gasteiger partial charge in [0, 0.05) is 13.1 Å². The van der Waals surface area contributed by atoms with Gasteiger partial charge in [-0.2, -0.15) is 5.26 Å². The molecule has 0 radical (unpaired) electrons. The van der Waals surface area contributed by atoms with Crippen molar-refractivity contribution in [3.63, 3.8) is 0 Å². The second-order valence-corrected chi connectivity index (χ2v) is 8.32. The number of benzene rings is 2. The molecule has 168 valence electrons. The van der Waals surface area contributed by atoms with Crippen molar-refractivity contribution in [3.05, 3.63) is 79.7 Å². The monoisotopic (exact) mass is 461 g/mol. The molecule has 0 aliphatic carbocycles. The molecule has 4 rings (SSSR count). The zero-order chi connectivity index (χ0) is 23.2. The van der Waals surface area contributed by atoms with Gasteiger partial charge < -0.3 is 14.4 Å². The van der Waals surface area contributed by atoms with Crippen LogP contribution >= 0.6 is 11.3 Å². The topological polar surface area (TPSA) is 84.6 Å². The molecule has 2 aromatic carbocycles. The van der Waals surface area contributed by atoms with Gasteiger partial charge in [0.1, 0.15) is 16.5 Å². The number of nitrogens with zero attached hydrogens (tertiary/aromatic N) is 3. The molecular weight excluding hydrogens is 438 g/mol. The number of carbonyl (C=O) groups is 1. The molecule has 0 unspecified atom stereocenters. The van der Waals surface area contributed by atoms with Crippen molar-refractivity contribution >= 4 is 28.9 Å². The molecule has 33 heavy (non-hydrogen) atoms. The Bertz CT molecular complexity index is 1350. The molecule has 1 saturated heterocycles. The number of aromatic nitrogens is 1. The van der Waals surface area contributed by atoms with E-state index >= 15 is 0 Å². The van der Waals surface area contributed by atoms with E-state index < -0.39 is 0 Å². The minimum absolute atomic E-state index is 0.0470. The van der Waals surface area contributed by atoms with Crippen molar-refractivity contribution in [2.45, 2.75) is 6.92 Å². The molecule has 0 atom stereocenters. The molecule has 7 nitrogen and oxygen atoms in total. The minimum atomic E-state index is -0.389. The van der Waals surface area contributed by atoms with Gasteiger partial charge in [-0.05, 0) is 42.8 Å². The molecule has 0 saturated carbocycles. The van der Waals surface area contributed by atoms with Gasteiger partial charge in [-0.25, -0.2) is 0 Å². The highest BCUT2D eigenvalue weighted by molar-refractivity contribution is 7.07. The lowest BCUT2D eigenvalue weighted by atomic mass is 10.2. The summed E-state index contributed by atoms with van der Waals surface area (Å²) in [6, 6.07) is 18.5. The Balaban J connectivity index is 1.91. The number of morpholine rings is 1. The summed E-state index contributed by atoms with van der Waals surface area (Å²) in [5.74, 6) is 0.360. The van der Waals surface area contributed by atoms with Gasteiger partial charge in [0.15, 0.2) is 5.57 Å². The van der Waals surface area contributed by atoms with Gasteiger partial charge in [0.05, 0.1) is 30.0 Å². The van der Waals surface area contributed by atoms with Crippen molar-refractivity contribution in [1.29, 1.82) is 5.26 Å². The molecule has 1 fully saturated rings. The second-order valence-electron chi connectivity index (χ2n) is 7.29. The minimum Gasteiger partial charge on any atom is -0.494 e. The Morgan fingerprint density at radius 3 is 2.48 bits per heavy atom. The SMILES string of the molecule is CCOc1ccc(C=c2sc(=C(C#N)C(=O)N3CCOCC3)n(-c3ccccc3)c2=O)cc1. The number of hydrogen-bond acceptors (Lipinski definition) is 6. The van der Waals surface area contributed by atoms with Crippen molar-refractivity contribution in [2.75, 3.05) is 32.9 Å². The van der Waals surface area contributed by atoms with Crippen molar-refractivity contribution in [3.8, 4) is 17.5 Å². The third-order valence-electron chi connectivity index (χ3n) is 5.16. The fourth-order valence-corrected chi connectivity index (χ4v) is 4.65. The Labute approximate surface area is 195 Å². The van der Waals surface area contributed by atoms with Gasteiger partial charge in [-0.3, -0.25) is 14.2 Å². The summed E-state index contributed by atoms with van der Waals surface area (Å²) in [6.07, 6.45) is 1.76. The molecule has 0 N–H and O–H groups in total. The second kappa shape index (κ2) is 10.3.